The molecule has 1 saturated heterocycles. The number of aliphatic carboxylic acids is 1. The normalized spacial score (nSPS) is 17.0. The molecule has 0 aromatic heterocycles. The summed E-state index contributed by atoms with van der Waals surface area (Å²) in [6, 6.07) is 14.0. The van der Waals surface area contributed by atoms with Gasteiger partial charge in [0, 0.05) is 0 Å². The third-order valence-corrected chi connectivity index (χ3v) is 5.19. The van der Waals surface area contributed by atoms with Crippen LogP contribution < -0.4 is 0 Å². The van der Waals surface area contributed by atoms with Gasteiger partial charge in [0.2, 0.25) is 0 Å². The smallest absolute Gasteiger partial charge is 0.305 e. The average molecular weight is 387 g/mol. The molecule has 1 N–H and O–H groups in total. The van der Waals surface area contributed by atoms with E-state index in [2.05, 4.69) is 0 Å². The Bertz CT molecular complexity index is 881. The highest BCUT2D eigenvalue weighted by Crippen LogP contribution is 2.39. The molecule has 1 unspecified atom stereocenters. The van der Waals surface area contributed by atoms with Crippen LogP contribution in [0.1, 0.15) is 23.6 Å². The van der Waals surface area contributed by atoms with Gasteiger partial charge in [-0.25, -0.2) is 4.39 Å². The quantitative estimate of drug-likeness (QED) is 0.614. The molecule has 2 aromatic carbocycles. The fraction of sp³-hybridized carbons (Fsp3) is 0.105. The fourth-order valence-corrected chi connectivity index (χ4v) is 4.01. The Balaban J connectivity index is 1.93. The summed E-state index contributed by atoms with van der Waals surface area (Å²) < 4.78 is 13.3. The number of hydrogen-bond acceptors (Lipinski definition) is 4. The van der Waals surface area contributed by atoms with E-state index in [0.717, 1.165) is 11.8 Å². The van der Waals surface area contributed by atoms with Crippen molar-refractivity contribution in [2.75, 3.05) is 0 Å². The van der Waals surface area contributed by atoms with Crippen molar-refractivity contribution in [3.63, 3.8) is 0 Å². The SMILES string of the molecule is O=C(O)CC(c1ccccc1)N1C(=O)/C(=C/c2ccc(F)cc2)SC1=S. The van der Waals surface area contributed by atoms with Crippen LogP contribution in [0.15, 0.2) is 59.5 Å². The number of hydrogen-bond donors (Lipinski definition) is 1. The lowest BCUT2D eigenvalue weighted by Crippen LogP contribution is -2.34. The predicted octanol–water partition coefficient (Wildman–Crippen LogP) is 4.24. The highest BCUT2D eigenvalue weighted by Gasteiger charge is 2.38. The second-order valence-corrected chi connectivity index (χ2v) is 7.30. The van der Waals surface area contributed by atoms with Gasteiger partial charge in [-0.05, 0) is 29.3 Å². The van der Waals surface area contributed by atoms with Crippen LogP contribution in [0, 0.1) is 5.82 Å². The molecule has 26 heavy (non-hydrogen) atoms. The van der Waals surface area contributed by atoms with Crippen molar-refractivity contribution in [1.82, 2.24) is 4.90 Å². The van der Waals surface area contributed by atoms with E-state index in [1.54, 1.807) is 42.5 Å². The molecule has 4 nitrogen and oxygen atoms in total. The molecule has 1 aliphatic rings. The molecule has 1 aliphatic heterocycles. The topological polar surface area (TPSA) is 57.6 Å². The Morgan fingerprint density at radius 1 is 1.19 bits per heavy atom. The molecule has 7 heteroatoms. The summed E-state index contributed by atoms with van der Waals surface area (Å²) in [4.78, 5) is 25.9. The zero-order valence-electron chi connectivity index (χ0n) is 13.5. The number of carboxylic acids is 1. The summed E-state index contributed by atoms with van der Waals surface area (Å²) in [6.07, 6.45) is 1.38. The van der Waals surface area contributed by atoms with Crippen LogP contribution >= 0.6 is 24.0 Å². The summed E-state index contributed by atoms with van der Waals surface area (Å²) in [6.45, 7) is 0. The lowest BCUT2D eigenvalue weighted by atomic mass is 10.0. The molecule has 2 aromatic rings. The largest absolute Gasteiger partial charge is 0.481 e. The second kappa shape index (κ2) is 7.80. The number of nitrogens with zero attached hydrogens (tertiary/aromatic N) is 1. The minimum atomic E-state index is -1.02. The third-order valence-electron chi connectivity index (χ3n) is 3.86. The van der Waals surface area contributed by atoms with E-state index >= 15 is 0 Å². The van der Waals surface area contributed by atoms with E-state index in [1.165, 1.54) is 17.0 Å². The monoisotopic (exact) mass is 387 g/mol. The lowest BCUT2D eigenvalue weighted by Gasteiger charge is -2.26. The second-order valence-electron chi connectivity index (χ2n) is 5.63. The Morgan fingerprint density at radius 3 is 2.46 bits per heavy atom. The number of carboxylic acid groups (broad SMARTS) is 1. The van der Waals surface area contributed by atoms with Crippen molar-refractivity contribution >= 4 is 46.3 Å². The number of carbonyl (C=O) groups excluding carboxylic acids is 1. The van der Waals surface area contributed by atoms with Crippen LogP contribution in [-0.2, 0) is 9.59 Å². The zero-order valence-corrected chi connectivity index (χ0v) is 15.1. The first-order chi connectivity index (χ1) is 12.5. The summed E-state index contributed by atoms with van der Waals surface area (Å²) >= 11 is 6.45. The van der Waals surface area contributed by atoms with Crippen molar-refractivity contribution in [3.8, 4) is 0 Å². The lowest BCUT2D eigenvalue weighted by molar-refractivity contribution is -0.138. The summed E-state index contributed by atoms with van der Waals surface area (Å²) in [5.41, 5.74) is 1.37. The van der Waals surface area contributed by atoms with E-state index < -0.39 is 12.0 Å². The number of thioether (sulfide) groups is 1. The Labute approximate surface area is 159 Å². The van der Waals surface area contributed by atoms with Gasteiger partial charge < -0.3 is 5.11 Å². The van der Waals surface area contributed by atoms with Gasteiger partial charge in [0.1, 0.15) is 10.1 Å². The molecule has 1 atom stereocenters. The maximum atomic E-state index is 13.0. The van der Waals surface area contributed by atoms with Gasteiger partial charge in [0.05, 0.1) is 17.4 Å². The van der Waals surface area contributed by atoms with Crippen LogP contribution in [0.5, 0.6) is 0 Å². The molecule has 3 rings (SSSR count). The first-order valence-corrected chi connectivity index (χ1v) is 8.97. The molecule has 1 heterocycles. The van der Waals surface area contributed by atoms with E-state index in [-0.39, 0.29) is 18.1 Å². The molecule has 0 spiro atoms. The third kappa shape index (κ3) is 4.00. The number of halogens is 1. The summed E-state index contributed by atoms with van der Waals surface area (Å²) in [7, 11) is 0. The average Bonchev–Trinajstić information content (AvgIpc) is 2.89. The first-order valence-electron chi connectivity index (χ1n) is 7.75. The van der Waals surface area contributed by atoms with Gasteiger partial charge in [-0.3, -0.25) is 14.5 Å². The number of benzene rings is 2. The molecule has 0 aliphatic carbocycles. The van der Waals surface area contributed by atoms with Crippen molar-refractivity contribution in [2.45, 2.75) is 12.5 Å². The van der Waals surface area contributed by atoms with E-state index in [0.29, 0.717) is 20.4 Å². The van der Waals surface area contributed by atoms with Crippen molar-refractivity contribution < 1.29 is 19.1 Å². The van der Waals surface area contributed by atoms with E-state index in [4.69, 9.17) is 12.2 Å². The molecular formula is C19H14FNO3S2. The first kappa shape index (κ1) is 18.3. The zero-order chi connectivity index (χ0) is 18.7. The van der Waals surface area contributed by atoms with Gasteiger partial charge in [-0.2, -0.15) is 0 Å². The van der Waals surface area contributed by atoms with Gasteiger partial charge in [0.25, 0.3) is 5.91 Å². The predicted molar refractivity (Wildman–Crippen MR) is 103 cm³/mol. The van der Waals surface area contributed by atoms with Gasteiger partial charge >= 0.3 is 5.97 Å². The standard InChI is InChI=1S/C19H14FNO3S2/c20-14-8-6-12(7-9-14)10-16-18(24)21(19(25)26-16)15(11-17(22)23)13-4-2-1-3-5-13/h1-10,15H,11H2,(H,22,23)/b16-10-. The fourth-order valence-electron chi connectivity index (χ4n) is 2.66. The number of carbonyl (C=O) groups is 2. The Hall–Kier alpha value is -2.51. The van der Waals surface area contributed by atoms with Crippen molar-refractivity contribution in [3.05, 3.63) is 76.4 Å². The van der Waals surface area contributed by atoms with Crippen molar-refractivity contribution in [1.29, 1.82) is 0 Å². The maximum Gasteiger partial charge on any atom is 0.305 e. The molecule has 1 fully saturated rings. The van der Waals surface area contributed by atoms with Crippen molar-refractivity contribution in [2.24, 2.45) is 0 Å². The molecule has 0 bridgehead atoms. The molecule has 1 amide bonds. The molecule has 0 saturated carbocycles. The number of amides is 1. The summed E-state index contributed by atoms with van der Waals surface area (Å²) in [5, 5.41) is 9.27. The Kier molecular flexibility index (Phi) is 5.49. The summed E-state index contributed by atoms with van der Waals surface area (Å²) in [5.74, 6) is -1.73. The van der Waals surface area contributed by atoms with E-state index in [9.17, 15) is 19.1 Å². The van der Waals surface area contributed by atoms with Crippen LogP contribution in [0.4, 0.5) is 4.39 Å². The van der Waals surface area contributed by atoms with Crippen LogP contribution in [0.25, 0.3) is 6.08 Å². The highest BCUT2D eigenvalue weighted by molar-refractivity contribution is 8.26. The highest BCUT2D eigenvalue weighted by atomic mass is 32.2. The Morgan fingerprint density at radius 2 is 1.85 bits per heavy atom. The number of thiocarbonyl (C=S) groups is 1. The van der Waals surface area contributed by atoms with Gasteiger partial charge in [-0.1, -0.05) is 66.4 Å². The van der Waals surface area contributed by atoms with Crippen LogP contribution in [0.2, 0.25) is 0 Å². The van der Waals surface area contributed by atoms with E-state index in [1.807, 2.05) is 6.07 Å². The minimum Gasteiger partial charge on any atom is -0.481 e. The van der Waals surface area contributed by atoms with Crippen LogP contribution in [0.3, 0.4) is 0 Å². The molecule has 0 radical (unpaired) electrons. The minimum absolute atomic E-state index is 0.250. The maximum absolute atomic E-state index is 13.0. The van der Waals surface area contributed by atoms with Gasteiger partial charge in [-0.15, -0.1) is 0 Å². The molecule has 132 valence electrons. The molecular weight excluding hydrogens is 373 g/mol. The number of rotatable bonds is 5. The van der Waals surface area contributed by atoms with Crippen LogP contribution in [-0.4, -0.2) is 26.2 Å². The van der Waals surface area contributed by atoms with Gasteiger partial charge in [0.15, 0.2) is 0 Å².